The van der Waals surface area contributed by atoms with Gasteiger partial charge in [0.05, 0.1) is 13.0 Å². The van der Waals surface area contributed by atoms with Crippen LogP contribution in [-0.2, 0) is 14.4 Å². The number of nitrogens with one attached hydrogen (secondary N) is 1. The number of amides is 1. The first-order chi connectivity index (χ1) is 21.2. The van der Waals surface area contributed by atoms with Crippen molar-refractivity contribution in [2.24, 2.45) is 4.99 Å². The van der Waals surface area contributed by atoms with Gasteiger partial charge in [-0.3, -0.25) is 9.59 Å². The number of carbonyl (C=O) groups is 3. The van der Waals surface area contributed by atoms with Gasteiger partial charge in [-0.25, -0.2) is 0 Å². The van der Waals surface area contributed by atoms with Crippen LogP contribution in [0.1, 0.15) is 117 Å². The number of hydrogen-bond donors (Lipinski definition) is 4. The molecule has 4 N–H and O–H groups in total. The summed E-state index contributed by atoms with van der Waals surface area (Å²) >= 11 is 0. The first kappa shape index (κ1) is 48.4. The average molecular weight is 671 g/mol. The summed E-state index contributed by atoms with van der Waals surface area (Å²) in [6, 6.07) is 0. The van der Waals surface area contributed by atoms with Crippen molar-refractivity contribution in [3.8, 4) is 0 Å². The molecule has 260 valence electrons. The Kier molecular flexibility index (Phi) is 40.2. The fourth-order valence-electron chi connectivity index (χ4n) is 4.37. The zero-order valence-corrected chi connectivity index (χ0v) is 30.5. The van der Waals surface area contributed by atoms with E-state index in [-0.39, 0.29) is 75.6 Å². The normalized spacial score (nSPS) is 11.2. The van der Waals surface area contributed by atoms with Gasteiger partial charge in [0, 0.05) is 71.4 Å². The minimum absolute atomic E-state index is 0. The maximum atomic E-state index is 11.7. The van der Waals surface area contributed by atoms with Crippen LogP contribution in [0.25, 0.3) is 0 Å². The Morgan fingerprint density at radius 2 is 1.16 bits per heavy atom. The molecule has 13 heteroatoms. The fraction of sp³-hybridized carbons (Fsp3) is 0.875. The van der Waals surface area contributed by atoms with Crippen LogP contribution in [0.5, 0.6) is 0 Å². The molecule has 0 spiro atoms. The summed E-state index contributed by atoms with van der Waals surface area (Å²) < 4.78 is 0. The third kappa shape index (κ3) is 39.1. The summed E-state index contributed by atoms with van der Waals surface area (Å²) in [4.78, 5) is 40.6. The Bertz CT molecular complexity index is 731. The van der Waals surface area contributed by atoms with Crippen molar-refractivity contribution in [1.29, 1.82) is 0 Å². The first-order valence-electron chi connectivity index (χ1n) is 16.7. The monoisotopic (exact) mass is 670 g/mol. The summed E-state index contributed by atoms with van der Waals surface area (Å²) in [5, 5.41) is 51.4. The number of aliphatic hydroxyl groups excluding tert-OH is 2. The van der Waals surface area contributed by atoms with E-state index in [0.29, 0.717) is 78.0 Å². The number of carboxylic acid groups (broad SMARTS) is 2. The van der Waals surface area contributed by atoms with Crippen LogP contribution in [0.15, 0.2) is 4.99 Å². The Morgan fingerprint density at radius 1 is 0.644 bits per heavy atom. The molecular weight excluding hydrogens is 608 g/mol. The van der Waals surface area contributed by atoms with Crippen LogP contribution in [0.4, 0.5) is 0 Å². The molecule has 0 aliphatic carbocycles. The molecule has 0 aromatic heterocycles. The second-order valence-electron chi connectivity index (χ2n) is 11.1. The maximum Gasteiger partial charge on any atom is 2.00 e. The average Bonchev–Trinajstić information content (AvgIpc) is 2.99. The molecular formula is C32H62CaN4O8. The standard InChI is InChI=1S/2C16H32N2O4.Ca/c2*1-2-3-4-5-6-8-15(20)17-10-13-18(11-7-14-19)12-9-16(21)22;/h2*19H,2-14H2,1H3,(H,17,20)(H,21,22);/q;;+2/p-2. The topological polar surface area (TPSA) is 189 Å². The molecule has 0 saturated heterocycles. The summed E-state index contributed by atoms with van der Waals surface area (Å²) in [5.41, 5.74) is 0. The molecule has 0 fully saturated rings. The van der Waals surface area contributed by atoms with Gasteiger partial charge in [-0.1, -0.05) is 65.2 Å². The van der Waals surface area contributed by atoms with E-state index >= 15 is 0 Å². The Balaban J connectivity index is -0.000000767. The van der Waals surface area contributed by atoms with Crippen LogP contribution >= 0.6 is 0 Å². The first-order valence-corrected chi connectivity index (χ1v) is 16.7. The summed E-state index contributed by atoms with van der Waals surface area (Å²) in [6.07, 6.45) is 13.5. The molecule has 1 amide bonds. The molecule has 0 aromatic carbocycles. The van der Waals surface area contributed by atoms with E-state index in [2.05, 4.69) is 24.2 Å². The van der Waals surface area contributed by atoms with Crippen molar-refractivity contribution in [2.75, 3.05) is 65.6 Å². The second kappa shape index (κ2) is 37.4. The van der Waals surface area contributed by atoms with Gasteiger partial charge >= 0.3 is 43.7 Å². The van der Waals surface area contributed by atoms with Gasteiger partial charge in [-0.05, 0) is 44.4 Å². The van der Waals surface area contributed by atoms with Crippen molar-refractivity contribution in [2.45, 2.75) is 117 Å². The molecule has 0 atom stereocenters. The SMILES string of the molecule is CCCCCCCC(=O)NCCN(CCCO)CCC(=O)O.CCCCCCCC([O-])=NCCN(CCCO)CCC(=O)[O-].[Ca+2]. The number of aliphatic hydroxyl groups is 2. The molecule has 45 heavy (non-hydrogen) atoms. The van der Waals surface area contributed by atoms with Crippen LogP contribution < -0.4 is 15.5 Å². The smallest absolute Gasteiger partial charge is 0.862 e. The minimum Gasteiger partial charge on any atom is -0.862 e. The van der Waals surface area contributed by atoms with Crippen LogP contribution in [0.2, 0.25) is 0 Å². The number of hydrogen-bond acceptors (Lipinski definition) is 10. The van der Waals surface area contributed by atoms with Crippen molar-refractivity contribution >= 4 is 61.5 Å². The van der Waals surface area contributed by atoms with Crippen molar-refractivity contribution in [1.82, 2.24) is 15.1 Å². The van der Waals surface area contributed by atoms with E-state index in [4.69, 9.17) is 15.3 Å². The van der Waals surface area contributed by atoms with E-state index in [0.717, 1.165) is 25.7 Å². The fourth-order valence-corrected chi connectivity index (χ4v) is 4.37. The molecule has 0 rings (SSSR count). The number of carbonyl (C=O) groups excluding carboxylic acids is 2. The molecule has 12 nitrogen and oxygen atoms in total. The Morgan fingerprint density at radius 3 is 1.67 bits per heavy atom. The zero-order chi connectivity index (χ0) is 33.3. The third-order valence-electron chi connectivity index (χ3n) is 7.00. The number of aliphatic carboxylic acids is 2. The Labute approximate surface area is 302 Å². The maximum absolute atomic E-state index is 11.7. The van der Waals surface area contributed by atoms with Crippen LogP contribution in [0, 0.1) is 0 Å². The number of nitrogens with zero attached hydrogens (tertiary/aromatic N) is 3. The van der Waals surface area contributed by atoms with Gasteiger partial charge in [-0.2, -0.15) is 0 Å². The van der Waals surface area contributed by atoms with E-state index in [1.807, 2.05) is 9.80 Å². The van der Waals surface area contributed by atoms with E-state index in [1.165, 1.54) is 38.5 Å². The molecule has 0 radical (unpaired) electrons. The molecule has 0 bridgehead atoms. The van der Waals surface area contributed by atoms with Gasteiger partial charge in [0.25, 0.3) is 0 Å². The van der Waals surface area contributed by atoms with E-state index in [9.17, 15) is 24.6 Å². The second-order valence-corrected chi connectivity index (χ2v) is 11.1. The predicted molar refractivity (Wildman–Crippen MR) is 176 cm³/mol. The molecule has 0 saturated carbocycles. The van der Waals surface area contributed by atoms with Gasteiger partial charge in [0.15, 0.2) is 0 Å². The summed E-state index contributed by atoms with van der Waals surface area (Å²) in [6.45, 7) is 8.60. The predicted octanol–water partition coefficient (Wildman–Crippen LogP) is 1.17. The van der Waals surface area contributed by atoms with Gasteiger partial charge in [0.2, 0.25) is 5.91 Å². The number of unbranched alkanes of at least 4 members (excludes halogenated alkanes) is 8. The number of carboxylic acids is 2. The minimum atomic E-state index is -1.09. The quantitative estimate of drug-likeness (QED) is 0.0374. The summed E-state index contributed by atoms with van der Waals surface area (Å²) in [7, 11) is 0. The molecule has 0 aliphatic rings. The van der Waals surface area contributed by atoms with Crippen LogP contribution in [-0.4, -0.2) is 152 Å². The van der Waals surface area contributed by atoms with E-state index < -0.39 is 11.9 Å². The molecule has 0 aliphatic heterocycles. The van der Waals surface area contributed by atoms with E-state index in [1.54, 1.807) is 0 Å². The third-order valence-corrected chi connectivity index (χ3v) is 7.00. The van der Waals surface area contributed by atoms with Gasteiger partial charge < -0.3 is 50.4 Å². The zero-order valence-electron chi connectivity index (χ0n) is 28.3. The number of rotatable bonds is 30. The van der Waals surface area contributed by atoms with Crippen LogP contribution in [0.3, 0.4) is 0 Å². The van der Waals surface area contributed by atoms with Crippen molar-refractivity contribution in [3.05, 3.63) is 0 Å². The Hall–Kier alpha value is -1.02. The van der Waals surface area contributed by atoms with Crippen molar-refractivity contribution in [3.63, 3.8) is 0 Å². The van der Waals surface area contributed by atoms with Crippen molar-refractivity contribution < 1.29 is 39.9 Å². The molecule has 0 unspecified atom stereocenters. The molecule has 0 aromatic rings. The van der Waals surface area contributed by atoms with Gasteiger partial charge in [0.1, 0.15) is 0 Å². The molecule has 0 heterocycles. The van der Waals surface area contributed by atoms with Gasteiger partial charge in [-0.15, -0.1) is 0 Å². The summed E-state index contributed by atoms with van der Waals surface area (Å²) in [5.74, 6) is -1.92. The number of aliphatic imine (C=N–C) groups is 1. The largest absolute Gasteiger partial charge is 2.00 e.